The molecule has 0 unspecified atom stereocenters. The second kappa shape index (κ2) is 6.16. The van der Waals surface area contributed by atoms with E-state index < -0.39 is 0 Å². The molecule has 4 rings (SSSR count). The van der Waals surface area contributed by atoms with Crippen molar-refractivity contribution in [2.24, 2.45) is 0 Å². The van der Waals surface area contributed by atoms with Gasteiger partial charge in [0.05, 0.1) is 10.9 Å². The van der Waals surface area contributed by atoms with Gasteiger partial charge in [0.1, 0.15) is 0 Å². The number of hydrogen-bond acceptors (Lipinski definition) is 4. The highest BCUT2D eigenvalue weighted by molar-refractivity contribution is 6.04. The smallest absolute Gasteiger partial charge is 0.272 e. The summed E-state index contributed by atoms with van der Waals surface area (Å²) in [6.45, 7) is 0.325. The van der Waals surface area contributed by atoms with Crippen molar-refractivity contribution >= 4 is 27.6 Å². The molecule has 0 bridgehead atoms. The Kier molecular flexibility index (Phi) is 3.70. The molecule has 0 fully saturated rings. The standard InChI is InChI=1S/C19H14N4O2/c24-18-15-7-3-2-6-14(15)17(22-23-18)19(25)21-11-12-9-13-5-1-4-8-16(13)20-10-12/h1-10H,11H2,(H,21,25)(H,23,24). The molecule has 25 heavy (non-hydrogen) atoms. The molecule has 0 atom stereocenters. The third kappa shape index (κ3) is 2.85. The summed E-state index contributed by atoms with van der Waals surface area (Å²) >= 11 is 0. The predicted molar refractivity (Wildman–Crippen MR) is 95.3 cm³/mol. The third-order valence-electron chi connectivity index (χ3n) is 4.01. The number of carbonyl (C=O) groups excluding carboxylic acids is 1. The van der Waals surface area contributed by atoms with E-state index in [0.717, 1.165) is 16.5 Å². The number of aromatic nitrogens is 3. The molecule has 0 aliphatic rings. The summed E-state index contributed by atoms with van der Waals surface area (Å²) in [6, 6.07) is 16.7. The number of nitrogens with zero attached hydrogens (tertiary/aromatic N) is 2. The maximum Gasteiger partial charge on any atom is 0.272 e. The van der Waals surface area contributed by atoms with Gasteiger partial charge in [-0.3, -0.25) is 14.6 Å². The molecule has 0 spiro atoms. The average molecular weight is 330 g/mol. The maximum absolute atomic E-state index is 12.5. The van der Waals surface area contributed by atoms with Crippen molar-refractivity contribution in [2.45, 2.75) is 6.54 Å². The first-order valence-corrected chi connectivity index (χ1v) is 7.82. The third-order valence-corrected chi connectivity index (χ3v) is 4.01. The van der Waals surface area contributed by atoms with Crippen molar-refractivity contribution in [3.05, 3.63) is 82.4 Å². The molecule has 1 amide bonds. The fraction of sp³-hybridized carbons (Fsp3) is 0.0526. The van der Waals surface area contributed by atoms with Crippen molar-refractivity contribution in [1.29, 1.82) is 0 Å². The number of nitrogens with one attached hydrogen (secondary N) is 2. The largest absolute Gasteiger partial charge is 0.346 e. The monoisotopic (exact) mass is 330 g/mol. The van der Waals surface area contributed by atoms with E-state index in [1.165, 1.54) is 0 Å². The molecular formula is C19H14N4O2. The van der Waals surface area contributed by atoms with Crippen molar-refractivity contribution in [2.75, 3.05) is 0 Å². The molecule has 0 aliphatic carbocycles. The van der Waals surface area contributed by atoms with Gasteiger partial charge in [-0.25, -0.2) is 5.10 Å². The van der Waals surface area contributed by atoms with Crippen LogP contribution in [0.1, 0.15) is 16.1 Å². The average Bonchev–Trinajstić information content (AvgIpc) is 2.66. The Morgan fingerprint density at radius 1 is 1.04 bits per heavy atom. The first-order chi connectivity index (χ1) is 12.2. The van der Waals surface area contributed by atoms with Gasteiger partial charge in [-0.05, 0) is 23.8 Å². The molecule has 4 aromatic rings. The van der Waals surface area contributed by atoms with Crippen LogP contribution in [0.25, 0.3) is 21.7 Å². The van der Waals surface area contributed by atoms with E-state index in [0.29, 0.717) is 17.3 Å². The van der Waals surface area contributed by atoms with Crippen LogP contribution in [0.15, 0.2) is 65.6 Å². The van der Waals surface area contributed by atoms with Gasteiger partial charge in [-0.15, -0.1) is 0 Å². The molecule has 2 N–H and O–H groups in total. The topological polar surface area (TPSA) is 87.7 Å². The minimum atomic E-state index is -0.347. The highest BCUT2D eigenvalue weighted by Gasteiger charge is 2.13. The van der Waals surface area contributed by atoms with Gasteiger partial charge in [-0.2, -0.15) is 5.10 Å². The summed E-state index contributed by atoms with van der Waals surface area (Å²) in [5, 5.41) is 11.1. The molecule has 122 valence electrons. The summed E-state index contributed by atoms with van der Waals surface area (Å²) in [7, 11) is 0. The van der Waals surface area contributed by atoms with Gasteiger partial charge in [0.25, 0.3) is 11.5 Å². The summed E-state index contributed by atoms with van der Waals surface area (Å²) in [4.78, 5) is 28.7. The van der Waals surface area contributed by atoms with Crippen LogP contribution < -0.4 is 10.9 Å². The Labute approximate surface area is 142 Å². The van der Waals surface area contributed by atoms with E-state index in [2.05, 4.69) is 20.5 Å². The highest BCUT2D eigenvalue weighted by Crippen LogP contribution is 2.14. The van der Waals surface area contributed by atoms with Crippen LogP contribution in [0.2, 0.25) is 0 Å². The first kappa shape index (κ1) is 15.0. The van der Waals surface area contributed by atoms with Gasteiger partial charge in [0.2, 0.25) is 0 Å². The van der Waals surface area contributed by atoms with E-state index >= 15 is 0 Å². The Bertz CT molecular complexity index is 1150. The van der Waals surface area contributed by atoms with Crippen LogP contribution in [0, 0.1) is 0 Å². The fourth-order valence-electron chi connectivity index (χ4n) is 2.77. The summed E-state index contributed by atoms with van der Waals surface area (Å²) in [5.74, 6) is -0.347. The molecule has 0 saturated heterocycles. The molecule has 0 saturated carbocycles. The zero-order valence-corrected chi connectivity index (χ0v) is 13.2. The van der Waals surface area contributed by atoms with E-state index in [1.54, 1.807) is 30.5 Å². The molecule has 2 aromatic carbocycles. The van der Waals surface area contributed by atoms with Crippen LogP contribution in [-0.2, 0) is 6.54 Å². The van der Waals surface area contributed by atoms with Gasteiger partial charge >= 0.3 is 0 Å². The summed E-state index contributed by atoms with van der Waals surface area (Å²) < 4.78 is 0. The van der Waals surface area contributed by atoms with E-state index in [-0.39, 0.29) is 17.2 Å². The van der Waals surface area contributed by atoms with Crippen LogP contribution >= 0.6 is 0 Å². The number of amides is 1. The summed E-state index contributed by atoms with van der Waals surface area (Å²) in [6.07, 6.45) is 1.74. The number of rotatable bonds is 3. The Balaban J connectivity index is 1.60. The molecular weight excluding hydrogens is 316 g/mol. The van der Waals surface area contributed by atoms with Crippen LogP contribution in [0.3, 0.4) is 0 Å². The van der Waals surface area contributed by atoms with Crippen molar-refractivity contribution in [3.63, 3.8) is 0 Å². The second-order valence-electron chi connectivity index (χ2n) is 5.67. The number of para-hydroxylation sites is 1. The van der Waals surface area contributed by atoms with Crippen LogP contribution in [0.5, 0.6) is 0 Å². The Morgan fingerprint density at radius 2 is 1.80 bits per heavy atom. The molecule has 0 aliphatic heterocycles. The minimum absolute atomic E-state index is 0.198. The number of aromatic amines is 1. The second-order valence-corrected chi connectivity index (χ2v) is 5.67. The normalized spacial score (nSPS) is 10.9. The van der Waals surface area contributed by atoms with E-state index in [1.807, 2.05) is 30.3 Å². The number of pyridine rings is 1. The summed E-state index contributed by atoms with van der Waals surface area (Å²) in [5.41, 5.74) is 1.68. The Hall–Kier alpha value is -3.54. The number of H-pyrrole nitrogens is 1. The lowest BCUT2D eigenvalue weighted by molar-refractivity contribution is 0.0946. The lowest BCUT2D eigenvalue weighted by atomic mass is 10.1. The zero-order chi connectivity index (χ0) is 17.2. The number of hydrogen-bond donors (Lipinski definition) is 2. The highest BCUT2D eigenvalue weighted by atomic mass is 16.2. The number of carbonyl (C=O) groups is 1. The lowest BCUT2D eigenvalue weighted by Crippen LogP contribution is -2.26. The van der Waals surface area contributed by atoms with Gasteiger partial charge in [0.15, 0.2) is 5.69 Å². The van der Waals surface area contributed by atoms with Gasteiger partial charge < -0.3 is 5.32 Å². The Morgan fingerprint density at radius 3 is 2.68 bits per heavy atom. The van der Waals surface area contributed by atoms with Crippen molar-refractivity contribution in [1.82, 2.24) is 20.5 Å². The van der Waals surface area contributed by atoms with Crippen LogP contribution in [-0.4, -0.2) is 21.1 Å². The fourth-order valence-corrected chi connectivity index (χ4v) is 2.77. The number of fused-ring (bicyclic) bond motifs is 2. The van der Waals surface area contributed by atoms with Crippen LogP contribution in [0.4, 0.5) is 0 Å². The maximum atomic E-state index is 12.5. The quantitative estimate of drug-likeness (QED) is 0.604. The molecule has 6 heteroatoms. The molecule has 2 aromatic heterocycles. The van der Waals surface area contributed by atoms with Crippen molar-refractivity contribution < 1.29 is 4.79 Å². The molecule has 2 heterocycles. The molecule has 6 nitrogen and oxygen atoms in total. The van der Waals surface area contributed by atoms with Crippen molar-refractivity contribution in [3.8, 4) is 0 Å². The first-order valence-electron chi connectivity index (χ1n) is 7.82. The lowest BCUT2D eigenvalue weighted by Gasteiger charge is -2.07. The van der Waals surface area contributed by atoms with Gasteiger partial charge in [0, 0.05) is 23.5 Å². The SMILES string of the molecule is O=C(NCc1cnc2ccccc2c1)c1n[nH]c(=O)c2ccccc12. The zero-order valence-electron chi connectivity index (χ0n) is 13.2. The number of benzene rings is 2. The predicted octanol–water partition coefficient (Wildman–Crippen LogP) is 2.40. The molecule has 0 radical (unpaired) electrons. The minimum Gasteiger partial charge on any atom is -0.346 e. The van der Waals surface area contributed by atoms with E-state index in [4.69, 9.17) is 0 Å². The van der Waals surface area contributed by atoms with Gasteiger partial charge in [-0.1, -0.05) is 36.4 Å². The van der Waals surface area contributed by atoms with E-state index in [9.17, 15) is 9.59 Å².